The van der Waals surface area contributed by atoms with E-state index in [2.05, 4.69) is 10.2 Å². The van der Waals surface area contributed by atoms with Crippen LogP contribution in [0.4, 0.5) is 0 Å². The zero-order chi connectivity index (χ0) is 18.8. The van der Waals surface area contributed by atoms with Gasteiger partial charge in [-0.25, -0.2) is 0 Å². The zero-order valence-corrected chi connectivity index (χ0v) is 15.4. The van der Waals surface area contributed by atoms with Crippen molar-refractivity contribution in [3.63, 3.8) is 0 Å². The molecule has 1 heterocycles. The molecule has 7 nitrogen and oxygen atoms in total. The van der Waals surface area contributed by atoms with Crippen molar-refractivity contribution in [1.29, 1.82) is 0 Å². The van der Waals surface area contributed by atoms with Gasteiger partial charge in [0, 0.05) is 39.0 Å². The van der Waals surface area contributed by atoms with Crippen molar-refractivity contribution in [2.45, 2.75) is 24.9 Å². The molecule has 1 saturated heterocycles. The van der Waals surface area contributed by atoms with Crippen molar-refractivity contribution in [3.8, 4) is 5.75 Å². The molecule has 0 unspecified atom stereocenters. The van der Waals surface area contributed by atoms with Crippen LogP contribution in [0.2, 0.25) is 0 Å². The molecule has 2 atom stereocenters. The van der Waals surface area contributed by atoms with Crippen molar-refractivity contribution in [2.24, 2.45) is 0 Å². The van der Waals surface area contributed by atoms with E-state index in [9.17, 15) is 4.79 Å². The van der Waals surface area contributed by atoms with E-state index in [0.717, 1.165) is 31.6 Å². The first-order valence-electron chi connectivity index (χ1n) is 9.15. The average molecular weight is 366 g/mol. The summed E-state index contributed by atoms with van der Waals surface area (Å²) in [7, 11) is 1.65. The lowest BCUT2D eigenvalue weighted by atomic mass is 9.94. The normalized spacial score (nSPS) is 18.7. The molecule has 3 N–H and O–H groups in total. The molecule has 1 aromatic rings. The minimum atomic E-state index is -0.0183. The quantitative estimate of drug-likeness (QED) is 0.524. The van der Waals surface area contributed by atoms with Crippen LogP contribution >= 0.6 is 0 Å². The molecule has 1 aromatic carbocycles. The third-order valence-corrected chi connectivity index (χ3v) is 4.57. The molecule has 26 heavy (non-hydrogen) atoms. The van der Waals surface area contributed by atoms with Crippen molar-refractivity contribution < 1.29 is 24.5 Å². The Bertz CT molecular complexity index is 537. The summed E-state index contributed by atoms with van der Waals surface area (Å²) >= 11 is 0. The lowest BCUT2D eigenvalue weighted by Gasteiger charge is -2.24. The fraction of sp³-hybridized carbons (Fsp3) is 0.632. The molecule has 1 amide bonds. The highest BCUT2D eigenvalue weighted by Gasteiger charge is 2.26. The van der Waals surface area contributed by atoms with Gasteiger partial charge in [-0.15, -0.1) is 0 Å². The predicted octanol–water partition coefficient (Wildman–Crippen LogP) is 0.361. The van der Waals surface area contributed by atoms with E-state index in [1.54, 1.807) is 7.05 Å². The van der Waals surface area contributed by atoms with Gasteiger partial charge in [-0.1, -0.05) is 12.1 Å². The second kappa shape index (κ2) is 11.1. The highest BCUT2D eigenvalue weighted by Crippen LogP contribution is 2.26. The van der Waals surface area contributed by atoms with Gasteiger partial charge in [-0.05, 0) is 24.1 Å². The number of hydrogen-bond acceptors (Lipinski definition) is 6. The third kappa shape index (κ3) is 6.57. The molecular weight excluding hydrogens is 336 g/mol. The van der Waals surface area contributed by atoms with Crippen LogP contribution in [0.25, 0.3) is 0 Å². The van der Waals surface area contributed by atoms with Crippen LogP contribution in [-0.4, -0.2) is 80.2 Å². The number of nitrogens with one attached hydrogen (secondary N) is 1. The molecule has 0 bridgehead atoms. The maximum atomic E-state index is 11.9. The monoisotopic (exact) mass is 366 g/mol. The summed E-state index contributed by atoms with van der Waals surface area (Å²) in [6.45, 7) is 3.19. The SMILES string of the molecule is CNC(=O)C[C@H](CN1CC[C@H](OCCO)C1)c1ccc(OCCO)cc1. The number of carbonyl (C=O) groups is 1. The number of rotatable bonds is 11. The third-order valence-electron chi connectivity index (χ3n) is 4.57. The summed E-state index contributed by atoms with van der Waals surface area (Å²) in [5.41, 5.74) is 1.09. The van der Waals surface area contributed by atoms with Gasteiger partial charge in [0.1, 0.15) is 12.4 Å². The summed E-state index contributed by atoms with van der Waals surface area (Å²) in [5.74, 6) is 0.807. The Labute approximate surface area is 154 Å². The Morgan fingerprint density at radius 1 is 1.27 bits per heavy atom. The maximum absolute atomic E-state index is 11.9. The van der Waals surface area contributed by atoms with Gasteiger partial charge in [0.05, 0.1) is 25.9 Å². The number of nitrogens with zero attached hydrogens (tertiary/aromatic N) is 1. The number of amides is 1. The highest BCUT2D eigenvalue weighted by atomic mass is 16.5. The number of aliphatic hydroxyl groups excluding tert-OH is 2. The second-order valence-electron chi connectivity index (χ2n) is 6.48. The van der Waals surface area contributed by atoms with Crippen LogP contribution in [-0.2, 0) is 9.53 Å². The molecule has 1 fully saturated rings. The van der Waals surface area contributed by atoms with Gasteiger partial charge < -0.3 is 29.9 Å². The van der Waals surface area contributed by atoms with Crippen molar-refractivity contribution in [3.05, 3.63) is 29.8 Å². The standard InChI is InChI=1S/C19H30N2O5/c1-20-19(24)12-16(13-21-7-6-18(14-21)26-11-9-23)15-2-4-17(5-3-15)25-10-8-22/h2-5,16,18,22-23H,6-14H2,1H3,(H,20,24)/t16-,18+/m1/s1. The number of aliphatic hydroxyl groups is 2. The van der Waals surface area contributed by atoms with E-state index >= 15 is 0 Å². The smallest absolute Gasteiger partial charge is 0.220 e. The van der Waals surface area contributed by atoms with E-state index in [4.69, 9.17) is 19.7 Å². The highest BCUT2D eigenvalue weighted by molar-refractivity contribution is 5.76. The molecule has 7 heteroatoms. The molecular formula is C19H30N2O5. The Hall–Kier alpha value is -1.67. The van der Waals surface area contributed by atoms with Crippen molar-refractivity contribution >= 4 is 5.91 Å². The molecule has 1 aliphatic rings. The molecule has 0 aliphatic carbocycles. The lowest BCUT2D eigenvalue weighted by Crippen LogP contribution is -2.31. The first-order valence-corrected chi connectivity index (χ1v) is 9.15. The molecule has 0 radical (unpaired) electrons. The minimum Gasteiger partial charge on any atom is -0.491 e. The summed E-state index contributed by atoms with van der Waals surface area (Å²) in [6, 6.07) is 7.71. The summed E-state index contributed by atoms with van der Waals surface area (Å²) in [4.78, 5) is 14.3. The van der Waals surface area contributed by atoms with Gasteiger partial charge in [0.15, 0.2) is 0 Å². The second-order valence-corrected chi connectivity index (χ2v) is 6.48. The van der Waals surface area contributed by atoms with Crippen LogP contribution in [0, 0.1) is 0 Å². The van der Waals surface area contributed by atoms with Crippen LogP contribution in [0.3, 0.4) is 0 Å². The Kier molecular flexibility index (Phi) is 8.84. The molecule has 0 spiro atoms. The van der Waals surface area contributed by atoms with E-state index < -0.39 is 0 Å². The van der Waals surface area contributed by atoms with Gasteiger partial charge in [-0.2, -0.15) is 0 Å². The van der Waals surface area contributed by atoms with Crippen LogP contribution in [0.15, 0.2) is 24.3 Å². The van der Waals surface area contributed by atoms with Crippen LogP contribution < -0.4 is 10.1 Å². The van der Waals surface area contributed by atoms with Crippen molar-refractivity contribution in [1.82, 2.24) is 10.2 Å². The number of carbonyl (C=O) groups excluding carboxylic acids is 1. The number of likely N-dealkylation sites (tertiary alicyclic amines) is 1. The van der Waals surface area contributed by atoms with Crippen LogP contribution in [0.1, 0.15) is 24.3 Å². The topological polar surface area (TPSA) is 91.3 Å². The number of hydrogen-bond donors (Lipinski definition) is 3. The Morgan fingerprint density at radius 3 is 2.65 bits per heavy atom. The van der Waals surface area contributed by atoms with E-state index in [1.807, 2.05) is 24.3 Å². The number of benzene rings is 1. The van der Waals surface area contributed by atoms with Gasteiger partial charge in [-0.3, -0.25) is 4.79 Å². The molecule has 1 aliphatic heterocycles. The van der Waals surface area contributed by atoms with Gasteiger partial charge >= 0.3 is 0 Å². The Balaban J connectivity index is 1.98. The fourth-order valence-electron chi connectivity index (χ4n) is 3.24. The summed E-state index contributed by atoms with van der Waals surface area (Å²) < 4.78 is 11.0. The molecule has 0 saturated carbocycles. The Morgan fingerprint density at radius 2 is 2.00 bits per heavy atom. The lowest BCUT2D eigenvalue weighted by molar-refractivity contribution is -0.121. The fourth-order valence-corrected chi connectivity index (χ4v) is 3.24. The molecule has 0 aromatic heterocycles. The average Bonchev–Trinajstić information content (AvgIpc) is 3.11. The van der Waals surface area contributed by atoms with E-state index in [1.165, 1.54) is 0 Å². The summed E-state index contributed by atoms with van der Waals surface area (Å²) in [6.07, 6.45) is 1.52. The van der Waals surface area contributed by atoms with E-state index in [0.29, 0.717) is 18.8 Å². The van der Waals surface area contributed by atoms with Gasteiger partial charge in [0.2, 0.25) is 5.91 Å². The molecule has 146 valence electrons. The minimum absolute atomic E-state index is 0.0166. The molecule has 2 rings (SSSR count). The maximum Gasteiger partial charge on any atom is 0.220 e. The first kappa shape index (κ1) is 20.6. The first-order chi connectivity index (χ1) is 12.7. The predicted molar refractivity (Wildman–Crippen MR) is 98.3 cm³/mol. The number of ether oxygens (including phenoxy) is 2. The summed E-state index contributed by atoms with van der Waals surface area (Å²) in [5, 5.41) is 20.4. The van der Waals surface area contributed by atoms with Gasteiger partial charge in [0.25, 0.3) is 0 Å². The van der Waals surface area contributed by atoms with E-state index in [-0.39, 0.29) is 37.7 Å². The van der Waals surface area contributed by atoms with Crippen molar-refractivity contribution in [2.75, 3.05) is 53.1 Å². The largest absolute Gasteiger partial charge is 0.491 e. The van der Waals surface area contributed by atoms with Crippen LogP contribution in [0.5, 0.6) is 5.75 Å². The zero-order valence-electron chi connectivity index (χ0n) is 15.4.